The summed E-state index contributed by atoms with van der Waals surface area (Å²) in [6.07, 6.45) is 2.41. The molecule has 0 spiro atoms. The van der Waals surface area contributed by atoms with E-state index < -0.39 is 0 Å². The molecule has 0 aromatic heterocycles. The number of hydrogen-bond acceptors (Lipinski definition) is 3. The smallest absolute Gasteiger partial charge is 0.0991 e. The third-order valence-corrected chi connectivity index (χ3v) is 4.09. The highest BCUT2D eigenvalue weighted by Crippen LogP contribution is 2.20. The number of benzene rings is 1. The van der Waals surface area contributed by atoms with Crippen molar-refractivity contribution in [1.82, 2.24) is 10.2 Å². The van der Waals surface area contributed by atoms with Crippen LogP contribution >= 0.6 is 0 Å². The molecule has 0 saturated carbocycles. The molecule has 1 aromatic rings. The van der Waals surface area contributed by atoms with Crippen LogP contribution in [0.3, 0.4) is 0 Å². The average molecular weight is 271 g/mol. The number of hydrogen-bond donors (Lipinski definition) is 1. The second kappa shape index (κ2) is 6.39. The monoisotopic (exact) mass is 271 g/mol. The minimum atomic E-state index is 0.284. The topological polar surface area (TPSA) is 39.1 Å². The first-order valence-corrected chi connectivity index (χ1v) is 7.46. The number of likely N-dealkylation sites (tertiary alicyclic amines) is 1. The molecule has 0 amide bonds. The number of nitriles is 1. The van der Waals surface area contributed by atoms with Crippen molar-refractivity contribution in [3.05, 3.63) is 35.4 Å². The summed E-state index contributed by atoms with van der Waals surface area (Å²) in [6.45, 7) is 10.0. The molecular formula is C17H25N3. The Morgan fingerprint density at radius 3 is 2.60 bits per heavy atom. The first-order valence-electron chi connectivity index (χ1n) is 7.46. The maximum absolute atomic E-state index is 8.91. The summed E-state index contributed by atoms with van der Waals surface area (Å²) in [5, 5.41) is 12.5. The fourth-order valence-electron chi connectivity index (χ4n) is 2.77. The molecule has 0 radical (unpaired) electrons. The van der Waals surface area contributed by atoms with Gasteiger partial charge in [-0.15, -0.1) is 0 Å². The average Bonchev–Trinajstić information content (AvgIpc) is 2.45. The molecule has 108 valence electrons. The van der Waals surface area contributed by atoms with E-state index >= 15 is 0 Å². The fraction of sp³-hybridized carbons (Fsp3) is 0.588. The van der Waals surface area contributed by atoms with Crippen LogP contribution in [0, 0.1) is 11.3 Å². The summed E-state index contributed by atoms with van der Waals surface area (Å²) in [7, 11) is 0. The van der Waals surface area contributed by atoms with Crippen LogP contribution in [0.2, 0.25) is 0 Å². The molecule has 3 heteroatoms. The molecular weight excluding hydrogens is 246 g/mol. The van der Waals surface area contributed by atoms with Gasteiger partial charge in [0.05, 0.1) is 11.6 Å². The molecule has 0 aliphatic carbocycles. The lowest BCUT2D eigenvalue weighted by atomic mass is 9.98. The summed E-state index contributed by atoms with van der Waals surface area (Å²) in [6, 6.07) is 10.6. The zero-order valence-corrected chi connectivity index (χ0v) is 12.8. The molecule has 3 nitrogen and oxygen atoms in total. The van der Waals surface area contributed by atoms with E-state index in [2.05, 4.69) is 43.1 Å². The Kier molecular flexibility index (Phi) is 4.80. The van der Waals surface area contributed by atoms with Crippen molar-refractivity contribution in [1.29, 1.82) is 5.26 Å². The van der Waals surface area contributed by atoms with Gasteiger partial charge in [-0.25, -0.2) is 0 Å². The Morgan fingerprint density at radius 1 is 1.30 bits per heavy atom. The first-order chi connectivity index (χ1) is 9.49. The maximum atomic E-state index is 8.91. The van der Waals surface area contributed by atoms with Gasteiger partial charge in [0, 0.05) is 31.2 Å². The van der Waals surface area contributed by atoms with Gasteiger partial charge in [-0.05, 0) is 51.3 Å². The molecule has 1 N–H and O–H groups in total. The molecule has 1 fully saturated rings. The molecule has 0 unspecified atom stereocenters. The lowest BCUT2D eigenvalue weighted by molar-refractivity contribution is 0.0960. The second-order valence-electron chi connectivity index (χ2n) is 6.63. The third kappa shape index (κ3) is 4.06. The number of piperidine rings is 1. The van der Waals surface area contributed by atoms with Gasteiger partial charge in [-0.1, -0.05) is 12.1 Å². The summed E-state index contributed by atoms with van der Waals surface area (Å²) < 4.78 is 0. The highest BCUT2D eigenvalue weighted by molar-refractivity contribution is 5.32. The van der Waals surface area contributed by atoms with Crippen LogP contribution < -0.4 is 5.32 Å². The molecule has 0 bridgehead atoms. The van der Waals surface area contributed by atoms with Crippen LogP contribution in [-0.4, -0.2) is 29.6 Å². The molecule has 1 aromatic carbocycles. The Morgan fingerprint density at radius 2 is 2.00 bits per heavy atom. The molecule has 1 aliphatic rings. The van der Waals surface area contributed by atoms with Crippen LogP contribution in [0.1, 0.15) is 44.7 Å². The summed E-state index contributed by atoms with van der Waals surface area (Å²) in [5.74, 6) is 0. The van der Waals surface area contributed by atoms with E-state index in [0.717, 1.165) is 12.1 Å². The minimum absolute atomic E-state index is 0.284. The highest BCUT2D eigenvalue weighted by Gasteiger charge is 2.26. The van der Waals surface area contributed by atoms with E-state index in [9.17, 15) is 0 Å². The van der Waals surface area contributed by atoms with Crippen LogP contribution in [0.15, 0.2) is 24.3 Å². The first kappa shape index (κ1) is 15.0. The van der Waals surface area contributed by atoms with Gasteiger partial charge >= 0.3 is 0 Å². The van der Waals surface area contributed by atoms with E-state index in [1.54, 1.807) is 0 Å². The number of rotatable bonds is 3. The zero-order chi connectivity index (χ0) is 14.6. The van der Waals surface area contributed by atoms with Crippen molar-refractivity contribution < 1.29 is 0 Å². The van der Waals surface area contributed by atoms with E-state index in [0.29, 0.717) is 6.04 Å². The van der Waals surface area contributed by atoms with Crippen molar-refractivity contribution in [2.75, 3.05) is 13.1 Å². The zero-order valence-electron chi connectivity index (χ0n) is 12.8. The lowest BCUT2D eigenvalue weighted by Crippen LogP contribution is -2.49. The number of nitrogens with zero attached hydrogens (tertiary/aromatic N) is 2. The van der Waals surface area contributed by atoms with Crippen molar-refractivity contribution in [2.24, 2.45) is 0 Å². The Bertz CT molecular complexity index is 474. The predicted octanol–water partition coefficient (Wildman–Crippen LogP) is 2.91. The third-order valence-electron chi connectivity index (χ3n) is 4.09. The van der Waals surface area contributed by atoms with Crippen molar-refractivity contribution in [3.63, 3.8) is 0 Å². The summed E-state index contributed by atoms with van der Waals surface area (Å²) in [5.41, 5.74) is 2.22. The van der Waals surface area contributed by atoms with E-state index in [1.807, 2.05) is 18.2 Å². The van der Waals surface area contributed by atoms with Gasteiger partial charge in [0.2, 0.25) is 0 Å². The van der Waals surface area contributed by atoms with E-state index in [4.69, 9.17) is 5.26 Å². The summed E-state index contributed by atoms with van der Waals surface area (Å²) in [4.78, 5) is 2.56. The number of nitrogens with one attached hydrogen (secondary N) is 1. The second-order valence-corrected chi connectivity index (χ2v) is 6.63. The Labute approximate surface area is 122 Å². The van der Waals surface area contributed by atoms with Gasteiger partial charge in [-0.2, -0.15) is 5.26 Å². The molecule has 1 heterocycles. The van der Waals surface area contributed by atoms with Crippen LogP contribution in [0.4, 0.5) is 0 Å². The molecule has 1 saturated heterocycles. The summed E-state index contributed by atoms with van der Waals surface area (Å²) >= 11 is 0. The largest absolute Gasteiger partial charge is 0.310 e. The Hall–Kier alpha value is -1.37. The van der Waals surface area contributed by atoms with Crippen LogP contribution in [-0.2, 0) is 6.54 Å². The van der Waals surface area contributed by atoms with E-state index in [-0.39, 0.29) is 5.54 Å². The van der Waals surface area contributed by atoms with Gasteiger partial charge in [0.15, 0.2) is 0 Å². The van der Waals surface area contributed by atoms with Gasteiger partial charge in [-0.3, -0.25) is 4.90 Å². The maximum Gasteiger partial charge on any atom is 0.0991 e. The fourth-order valence-corrected chi connectivity index (χ4v) is 2.77. The lowest BCUT2D eigenvalue weighted by Gasteiger charge is -2.41. The predicted molar refractivity (Wildman–Crippen MR) is 82.3 cm³/mol. The molecule has 0 atom stereocenters. The molecule has 20 heavy (non-hydrogen) atoms. The molecule has 1 aliphatic heterocycles. The van der Waals surface area contributed by atoms with Gasteiger partial charge in [0.1, 0.15) is 0 Å². The normalized spacial score (nSPS) is 17.9. The molecule has 2 rings (SSSR count). The SMILES string of the molecule is CC(C)(C)N1CCC(NCc2cccc(C#N)c2)CC1. The van der Waals surface area contributed by atoms with Gasteiger partial charge < -0.3 is 5.32 Å². The van der Waals surface area contributed by atoms with Crippen LogP contribution in [0.25, 0.3) is 0 Å². The highest BCUT2D eigenvalue weighted by atomic mass is 15.2. The standard InChI is InChI=1S/C17H25N3/c1-17(2,3)20-9-7-16(8-10-20)19-13-15-6-4-5-14(11-15)12-18/h4-6,11,16,19H,7-10,13H2,1-3H3. The van der Waals surface area contributed by atoms with Crippen molar-refractivity contribution in [2.45, 2.75) is 51.7 Å². The van der Waals surface area contributed by atoms with Crippen molar-refractivity contribution >= 4 is 0 Å². The van der Waals surface area contributed by atoms with E-state index in [1.165, 1.54) is 31.5 Å². The van der Waals surface area contributed by atoms with Crippen LogP contribution in [0.5, 0.6) is 0 Å². The quantitative estimate of drug-likeness (QED) is 0.918. The Balaban J connectivity index is 1.80. The van der Waals surface area contributed by atoms with Gasteiger partial charge in [0.25, 0.3) is 0 Å². The van der Waals surface area contributed by atoms with Crippen molar-refractivity contribution in [3.8, 4) is 6.07 Å². The minimum Gasteiger partial charge on any atom is -0.310 e.